The summed E-state index contributed by atoms with van der Waals surface area (Å²) in [5, 5.41) is 17.5. The second kappa shape index (κ2) is 7.38. The van der Waals surface area contributed by atoms with E-state index < -0.39 is 5.97 Å². The molecular formula is C16H13ClN2O3. The minimum absolute atomic E-state index is 0.195. The zero-order valence-corrected chi connectivity index (χ0v) is 12.3. The zero-order chi connectivity index (χ0) is 15.9. The average Bonchev–Trinajstić information content (AvgIpc) is 2.52. The van der Waals surface area contributed by atoms with Crippen molar-refractivity contribution in [3.8, 4) is 5.75 Å². The molecule has 0 unspecified atom stereocenters. The first-order chi connectivity index (χ1) is 10.6. The third-order valence-electron chi connectivity index (χ3n) is 2.67. The molecule has 2 rings (SSSR count). The van der Waals surface area contributed by atoms with Crippen LogP contribution in [0.4, 0.5) is 11.4 Å². The van der Waals surface area contributed by atoms with E-state index >= 15 is 0 Å². The number of hydrogen-bond acceptors (Lipinski definition) is 4. The molecule has 0 radical (unpaired) electrons. The lowest BCUT2D eigenvalue weighted by Crippen LogP contribution is -1.94. The summed E-state index contributed by atoms with van der Waals surface area (Å²) in [6.07, 6.45) is 1.62. The van der Waals surface area contributed by atoms with Gasteiger partial charge in [-0.2, -0.15) is 5.11 Å². The van der Waals surface area contributed by atoms with E-state index in [0.717, 1.165) is 0 Å². The van der Waals surface area contributed by atoms with Gasteiger partial charge in [-0.05, 0) is 36.4 Å². The van der Waals surface area contributed by atoms with Crippen LogP contribution >= 0.6 is 11.6 Å². The summed E-state index contributed by atoms with van der Waals surface area (Å²) in [4.78, 5) is 10.8. The van der Waals surface area contributed by atoms with Crippen LogP contribution in [0.1, 0.15) is 10.4 Å². The molecule has 0 spiro atoms. The molecule has 2 aromatic carbocycles. The predicted octanol–water partition coefficient (Wildman–Crippen LogP) is 5.02. The number of nitrogens with zero attached hydrogens (tertiary/aromatic N) is 2. The predicted molar refractivity (Wildman–Crippen MR) is 84.7 cm³/mol. The van der Waals surface area contributed by atoms with Crippen molar-refractivity contribution in [2.45, 2.75) is 0 Å². The molecule has 0 aromatic heterocycles. The summed E-state index contributed by atoms with van der Waals surface area (Å²) < 4.78 is 5.47. The van der Waals surface area contributed by atoms with Crippen molar-refractivity contribution in [3.63, 3.8) is 0 Å². The number of aromatic carboxylic acids is 1. The lowest BCUT2D eigenvalue weighted by molar-refractivity contribution is 0.0697. The molecule has 1 N–H and O–H groups in total. The van der Waals surface area contributed by atoms with Gasteiger partial charge in [-0.3, -0.25) is 0 Å². The highest BCUT2D eigenvalue weighted by molar-refractivity contribution is 6.30. The fourth-order valence-electron chi connectivity index (χ4n) is 1.62. The standard InChI is InChI=1S/C16H13ClN2O3/c1-2-9-22-15-10-12(17)5-8-14(15)19-18-13-6-3-11(4-7-13)16(20)21/h2-8,10H,1,9H2,(H,20,21). The van der Waals surface area contributed by atoms with E-state index in [1.165, 1.54) is 12.1 Å². The van der Waals surface area contributed by atoms with Crippen LogP contribution in [-0.4, -0.2) is 17.7 Å². The molecule has 6 heteroatoms. The smallest absolute Gasteiger partial charge is 0.335 e. The van der Waals surface area contributed by atoms with Gasteiger partial charge >= 0.3 is 5.97 Å². The monoisotopic (exact) mass is 316 g/mol. The van der Waals surface area contributed by atoms with Crippen LogP contribution in [0, 0.1) is 0 Å². The molecule has 2 aromatic rings. The van der Waals surface area contributed by atoms with Crippen molar-refractivity contribution < 1.29 is 14.6 Å². The molecule has 0 saturated carbocycles. The summed E-state index contributed by atoms with van der Waals surface area (Å²) in [6.45, 7) is 3.91. The van der Waals surface area contributed by atoms with Crippen LogP contribution in [-0.2, 0) is 0 Å². The third kappa shape index (κ3) is 4.17. The van der Waals surface area contributed by atoms with Crippen molar-refractivity contribution in [3.05, 3.63) is 65.7 Å². The summed E-state index contributed by atoms with van der Waals surface area (Å²) in [6, 6.07) is 11.1. The highest BCUT2D eigenvalue weighted by Crippen LogP contribution is 2.32. The molecule has 0 aliphatic carbocycles. The number of benzene rings is 2. The van der Waals surface area contributed by atoms with Crippen molar-refractivity contribution in [1.29, 1.82) is 0 Å². The van der Waals surface area contributed by atoms with Gasteiger partial charge in [0, 0.05) is 11.1 Å². The SMILES string of the molecule is C=CCOc1cc(Cl)ccc1N=Nc1ccc(C(=O)O)cc1. The van der Waals surface area contributed by atoms with Crippen LogP contribution in [0.2, 0.25) is 5.02 Å². The van der Waals surface area contributed by atoms with E-state index in [1.807, 2.05) is 0 Å². The maximum absolute atomic E-state index is 10.8. The van der Waals surface area contributed by atoms with E-state index in [-0.39, 0.29) is 5.56 Å². The lowest BCUT2D eigenvalue weighted by atomic mass is 10.2. The van der Waals surface area contributed by atoms with Crippen LogP contribution in [0.15, 0.2) is 65.3 Å². The van der Waals surface area contributed by atoms with Crippen LogP contribution < -0.4 is 4.74 Å². The van der Waals surface area contributed by atoms with E-state index in [4.69, 9.17) is 21.4 Å². The number of carboxylic acid groups (broad SMARTS) is 1. The Morgan fingerprint density at radius 2 is 1.95 bits per heavy atom. The third-order valence-corrected chi connectivity index (χ3v) is 2.90. The molecule has 0 bridgehead atoms. The minimum Gasteiger partial charge on any atom is -0.487 e. The second-order valence-electron chi connectivity index (χ2n) is 4.26. The number of rotatable bonds is 6. The number of hydrogen-bond donors (Lipinski definition) is 1. The topological polar surface area (TPSA) is 71.2 Å². The Labute approximate surface area is 132 Å². The Balaban J connectivity index is 2.21. The normalized spacial score (nSPS) is 10.6. The summed E-state index contributed by atoms with van der Waals surface area (Å²) in [5.41, 5.74) is 1.25. The molecule has 0 aliphatic rings. The molecule has 0 fully saturated rings. The van der Waals surface area contributed by atoms with E-state index in [1.54, 1.807) is 36.4 Å². The van der Waals surface area contributed by atoms with Crippen LogP contribution in [0.3, 0.4) is 0 Å². The Morgan fingerprint density at radius 1 is 1.23 bits per heavy atom. The van der Waals surface area contributed by atoms with Crippen molar-refractivity contribution >= 4 is 28.9 Å². The number of ether oxygens (including phenoxy) is 1. The summed E-state index contributed by atoms with van der Waals surface area (Å²) >= 11 is 5.93. The van der Waals surface area contributed by atoms with Gasteiger partial charge in [-0.25, -0.2) is 4.79 Å². The van der Waals surface area contributed by atoms with Gasteiger partial charge in [0.2, 0.25) is 0 Å². The van der Waals surface area contributed by atoms with Gasteiger partial charge in [0.25, 0.3) is 0 Å². The van der Waals surface area contributed by atoms with Crippen molar-refractivity contribution in [2.24, 2.45) is 10.2 Å². The average molecular weight is 317 g/mol. The highest BCUT2D eigenvalue weighted by Gasteiger charge is 2.04. The van der Waals surface area contributed by atoms with Crippen molar-refractivity contribution in [2.75, 3.05) is 6.61 Å². The van der Waals surface area contributed by atoms with Gasteiger partial charge in [0.15, 0.2) is 0 Å². The Morgan fingerprint density at radius 3 is 2.59 bits per heavy atom. The van der Waals surface area contributed by atoms with Gasteiger partial charge in [0.05, 0.1) is 11.3 Å². The van der Waals surface area contributed by atoms with Gasteiger partial charge in [-0.15, -0.1) is 5.11 Å². The maximum atomic E-state index is 10.8. The second-order valence-corrected chi connectivity index (χ2v) is 4.70. The molecule has 0 amide bonds. The van der Waals surface area contributed by atoms with Gasteiger partial charge in [-0.1, -0.05) is 24.3 Å². The van der Waals surface area contributed by atoms with Gasteiger partial charge < -0.3 is 9.84 Å². The van der Waals surface area contributed by atoms with E-state index in [9.17, 15) is 4.79 Å². The van der Waals surface area contributed by atoms with Crippen LogP contribution in [0.25, 0.3) is 0 Å². The Kier molecular flexibility index (Phi) is 5.27. The first-order valence-corrected chi connectivity index (χ1v) is 6.76. The summed E-state index contributed by atoms with van der Waals surface area (Å²) in [5.74, 6) is -0.486. The minimum atomic E-state index is -0.985. The molecule has 22 heavy (non-hydrogen) atoms. The Hall–Kier alpha value is -2.66. The van der Waals surface area contributed by atoms with Crippen molar-refractivity contribution in [1.82, 2.24) is 0 Å². The Bertz CT molecular complexity index is 712. The molecule has 112 valence electrons. The van der Waals surface area contributed by atoms with E-state index in [2.05, 4.69) is 16.8 Å². The quantitative estimate of drug-likeness (QED) is 0.601. The van der Waals surface area contributed by atoms with Gasteiger partial charge in [0.1, 0.15) is 18.0 Å². The summed E-state index contributed by atoms with van der Waals surface area (Å²) in [7, 11) is 0. The maximum Gasteiger partial charge on any atom is 0.335 e. The van der Waals surface area contributed by atoms with Crippen LogP contribution in [0.5, 0.6) is 5.75 Å². The largest absolute Gasteiger partial charge is 0.487 e. The molecule has 0 heterocycles. The molecule has 0 aliphatic heterocycles. The fraction of sp³-hybridized carbons (Fsp3) is 0.0625. The first kappa shape index (κ1) is 15.7. The first-order valence-electron chi connectivity index (χ1n) is 6.38. The fourth-order valence-corrected chi connectivity index (χ4v) is 1.78. The van der Waals surface area contributed by atoms with E-state index in [0.29, 0.717) is 28.8 Å². The number of halogens is 1. The lowest BCUT2D eigenvalue weighted by Gasteiger charge is -2.06. The molecular weight excluding hydrogens is 304 g/mol. The number of carboxylic acids is 1. The number of carbonyl (C=O) groups is 1. The molecule has 0 saturated heterocycles. The zero-order valence-electron chi connectivity index (χ0n) is 11.6. The highest BCUT2D eigenvalue weighted by atomic mass is 35.5. The molecule has 0 atom stereocenters. The number of azo groups is 1. The molecule has 5 nitrogen and oxygen atoms in total.